The van der Waals surface area contributed by atoms with Crippen LogP contribution in [-0.2, 0) is 0 Å². The Balaban J connectivity index is 2.11. The third-order valence-electron chi connectivity index (χ3n) is 2.96. The van der Waals surface area contributed by atoms with Gasteiger partial charge in [-0.25, -0.2) is 4.98 Å². The number of nitro groups is 1. The van der Waals surface area contributed by atoms with E-state index in [0.29, 0.717) is 6.54 Å². The number of rotatable bonds is 4. The SMILES string of the molecule is CC1(CNc2ncc(Cl)cc2[N+](=O)[O-])CCCS1. The van der Waals surface area contributed by atoms with Crippen LogP contribution >= 0.6 is 23.4 Å². The fourth-order valence-corrected chi connectivity index (χ4v) is 3.35. The Bertz CT molecular complexity index is 464. The van der Waals surface area contributed by atoms with Crippen LogP contribution in [0, 0.1) is 10.1 Å². The van der Waals surface area contributed by atoms with Crippen LogP contribution in [0.25, 0.3) is 0 Å². The molecule has 1 N–H and O–H groups in total. The van der Waals surface area contributed by atoms with Gasteiger partial charge in [-0.15, -0.1) is 0 Å². The van der Waals surface area contributed by atoms with Gasteiger partial charge in [0.15, 0.2) is 0 Å². The third kappa shape index (κ3) is 3.05. The fraction of sp³-hybridized carbons (Fsp3) is 0.545. The van der Waals surface area contributed by atoms with Crippen LogP contribution in [0.3, 0.4) is 0 Å². The van der Waals surface area contributed by atoms with Gasteiger partial charge in [0.1, 0.15) is 0 Å². The van der Waals surface area contributed by atoms with Crippen molar-refractivity contribution in [3.05, 3.63) is 27.4 Å². The number of hydrogen-bond donors (Lipinski definition) is 1. The summed E-state index contributed by atoms with van der Waals surface area (Å²) in [5, 5.41) is 14.3. The third-order valence-corrected chi connectivity index (χ3v) is 4.71. The monoisotopic (exact) mass is 287 g/mol. The van der Waals surface area contributed by atoms with E-state index in [2.05, 4.69) is 17.2 Å². The lowest BCUT2D eigenvalue weighted by Gasteiger charge is -2.23. The molecule has 0 saturated carbocycles. The van der Waals surface area contributed by atoms with Crippen molar-refractivity contribution >= 4 is 34.9 Å². The Morgan fingerprint density at radius 1 is 1.72 bits per heavy atom. The molecule has 0 bridgehead atoms. The molecule has 1 unspecified atom stereocenters. The molecule has 7 heteroatoms. The van der Waals surface area contributed by atoms with E-state index in [9.17, 15) is 10.1 Å². The zero-order valence-electron chi connectivity index (χ0n) is 9.98. The summed E-state index contributed by atoms with van der Waals surface area (Å²) in [5.41, 5.74) is -0.0749. The Morgan fingerprint density at radius 2 is 2.50 bits per heavy atom. The van der Waals surface area contributed by atoms with E-state index in [0.717, 1.165) is 12.2 Å². The van der Waals surface area contributed by atoms with Gasteiger partial charge >= 0.3 is 5.69 Å². The fourth-order valence-electron chi connectivity index (χ4n) is 1.95. The molecule has 0 aromatic carbocycles. The molecule has 1 atom stereocenters. The molecular weight excluding hydrogens is 274 g/mol. The maximum Gasteiger partial charge on any atom is 0.312 e. The molecule has 1 aromatic heterocycles. The van der Waals surface area contributed by atoms with Gasteiger partial charge in [-0.1, -0.05) is 11.6 Å². The van der Waals surface area contributed by atoms with Crippen molar-refractivity contribution in [2.24, 2.45) is 0 Å². The number of nitrogens with zero attached hydrogens (tertiary/aromatic N) is 2. The summed E-state index contributed by atoms with van der Waals surface area (Å²) < 4.78 is 0.134. The summed E-state index contributed by atoms with van der Waals surface area (Å²) >= 11 is 7.61. The van der Waals surface area contributed by atoms with Crippen LogP contribution in [0.4, 0.5) is 11.5 Å². The highest BCUT2D eigenvalue weighted by Crippen LogP contribution is 2.38. The molecule has 2 rings (SSSR count). The second-order valence-electron chi connectivity index (χ2n) is 4.53. The highest BCUT2D eigenvalue weighted by molar-refractivity contribution is 8.00. The predicted molar refractivity (Wildman–Crippen MR) is 74.5 cm³/mol. The normalized spacial score (nSPS) is 23.0. The van der Waals surface area contributed by atoms with E-state index >= 15 is 0 Å². The zero-order chi connectivity index (χ0) is 13.2. The number of thioether (sulfide) groups is 1. The first-order valence-corrected chi connectivity index (χ1v) is 7.04. The lowest BCUT2D eigenvalue weighted by Crippen LogP contribution is -2.27. The molecule has 0 radical (unpaired) electrons. The summed E-state index contributed by atoms with van der Waals surface area (Å²) in [4.78, 5) is 14.4. The first-order chi connectivity index (χ1) is 8.50. The van der Waals surface area contributed by atoms with E-state index in [1.807, 2.05) is 11.8 Å². The number of hydrogen-bond acceptors (Lipinski definition) is 5. The second kappa shape index (κ2) is 5.32. The van der Waals surface area contributed by atoms with Gasteiger partial charge in [0.2, 0.25) is 5.82 Å². The summed E-state index contributed by atoms with van der Waals surface area (Å²) in [7, 11) is 0. The molecule has 1 aliphatic rings. The Morgan fingerprint density at radius 3 is 3.11 bits per heavy atom. The molecule has 98 valence electrons. The first kappa shape index (κ1) is 13.4. The van der Waals surface area contributed by atoms with Crippen LogP contribution in [0.15, 0.2) is 12.3 Å². The molecule has 1 saturated heterocycles. The summed E-state index contributed by atoms with van der Waals surface area (Å²) in [6.45, 7) is 2.84. The zero-order valence-corrected chi connectivity index (χ0v) is 11.6. The van der Waals surface area contributed by atoms with Crippen LogP contribution in [0.2, 0.25) is 5.02 Å². The minimum Gasteiger partial charge on any atom is -0.363 e. The number of nitrogens with one attached hydrogen (secondary N) is 1. The summed E-state index contributed by atoms with van der Waals surface area (Å²) in [6, 6.07) is 1.32. The molecule has 1 aromatic rings. The average Bonchev–Trinajstić information content (AvgIpc) is 2.75. The highest BCUT2D eigenvalue weighted by atomic mass is 35.5. The van der Waals surface area contributed by atoms with Crippen molar-refractivity contribution < 1.29 is 4.92 Å². The van der Waals surface area contributed by atoms with Crippen molar-refractivity contribution in [1.82, 2.24) is 4.98 Å². The molecule has 2 heterocycles. The predicted octanol–water partition coefficient (Wildman–Crippen LogP) is 3.34. The van der Waals surface area contributed by atoms with Gasteiger partial charge in [-0.2, -0.15) is 11.8 Å². The molecular formula is C11H14ClN3O2S. The molecule has 0 spiro atoms. The number of halogens is 1. The Kier molecular flexibility index (Phi) is 3.97. The van der Waals surface area contributed by atoms with Crippen LogP contribution in [0.5, 0.6) is 0 Å². The smallest absolute Gasteiger partial charge is 0.312 e. The number of pyridine rings is 1. The molecule has 5 nitrogen and oxygen atoms in total. The maximum atomic E-state index is 10.9. The quantitative estimate of drug-likeness (QED) is 0.679. The van der Waals surface area contributed by atoms with Crippen LogP contribution < -0.4 is 5.32 Å². The molecule has 0 aliphatic carbocycles. The van der Waals surface area contributed by atoms with Crippen molar-refractivity contribution in [2.75, 3.05) is 17.6 Å². The van der Waals surface area contributed by atoms with Crippen LogP contribution in [0.1, 0.15) is 19.8 Å². The van der Waals surface area contributed by atoms with Gasteiger partial charge in [-0.3, -0.25) is 10.1 Å². The number of aromatic nitrogens is 1. The van der Waals surface area contributed by atoms with Gasteiger partial charge in [-0.05, 0) is 25.5 Å². The standard InChI is InChI=1S/C11H14ClN3O2S/c1-11(3-2-4-18-11)7-14-10-9(15(16)17)5-8(12)6-13-10/h5-6H,2-4,7H2,1H3,(H,13,14). The van der Waals surface area contributed by atoms with Gasteiger partial charge < -0.3 is 5.32 Å². The van der Waals surface area contributed by atoms with E-state index in [1.54, 1.807) is 0 Å². The molecule has 1 fully saturated rings. The van der Waals surface area contributed by atoms with E-state index in [-0.39, 0.29) is 21.3 Å². The minimum atomic E-state index is -0.467. The molecule has 18 heavy (non-hydrogen) atoms. The van der Waals surface area contributed by atoms with Crippen molar-refractivity contribution in [3.63, 3.8) is 0 Å². The highest BCUT2D eigenvalue weighted by Gasteiger charge is 2.30. The summed E-state index contributed by atoms with van der Waals surface area (Å²) in [6.07, 6.45) is 3.73. The van der Waals surface area contributed by atoms with E-state index in [4.69, 9.17) is 11.6 Å². The van der Waals surface area contributed by atoms with Crippen LogP contribution in [-0.4, -0.2) is 27.0 Å². The molecule has 0 amide bonds. The minimum absolute atomic E-state index is 0.0749. The number of anilines is 1. The first-order valence-electron chi connectivity index (χ1n) is 5.68. The van der Waals surface area contributed by atoms with E-state index < -0.39 is 4.92 Å². The lowest BCUT2D eigenvalue weighted by atomic mass is 10.1. The van der Waals surface area contributed by atoms with Gasteiger partial charge in [0.05, 0.1) is 9.95 Å². The van der Waals surface area contributed by atoms with Crippen molar-refractivity contribution in [2.45, 2.75) is 24.5 Å². The molecule has 1 aliphatic heterocycles. The van der Waals surface area contributed by atoms with Gasteiger partial charge in [0.25, 0.3) is 0 Å². The largest absolute Gasteiger partial charge is 0.363 e. The summed E-state index contributed by atoms with van der Waals surface area (Å²) in [5.74, 6) is 1.44. The maximum absolute atomic E-state index is 10.9. The lowest BCUT2D eigenvalue weighted by molar-refractivity contribution is -0.384. The van der Waals surface area contributed by atoms with Crippen molar-refractivity contribution in [1.29, 1.82) is 0 Å². The Hall–Kier alpha value is -1.01. The topological polar surface area (TPSA) is 68.1 Å². The van der Waals surface area contributed by atoms with Gasteiger partial charge in [0, 0.05) is 23.6 Å². The van der Waals surface area contributed by atoms with E-state index in [1.165, 1.54) is 18.7 Å². The Labute approximate surface area is 114 Å². The van der Waals surface area contributed by atoms with Crippen molar-refractivity contribution in [3.8, 4) is 0 Å². The second-order valence-corrected chi connectivity index (χ2v) is 6.65. The average molecular weight is 288 g/mol.